The lowest BCUT2D eigenvalue weighted by molar-refractivity contribution is 0.0448. The SMILES string of the molecule is CC1CCCN(Cc2nccn2C)C1CO. The number of hydrogen-bond donors (Lipinski definition) is 1. The van der Waals surface area contributed by atoms with Crippen LogP contribution in [0.1, 0.15) is 25.6 Å². The van der Waals surface area contributed by atoms with Crippen LogP contribution in [0.4, 0.5) is 0 Å². The maximum absolute atomic E-state index is 9.46. The van der Waals surface area contributed by atoms with Crippen molar-refractivity contribution in [3.63, 3.8) is 0 Å². The van der Waals surface area contributed by atoms with Crippen LogP contribution >= 0.6 is 0 Å². The van der Waals surface area contributed by atoms with E-state index in [1.54, 1.807) is 0 Å². The number of aryl methyl sites for hydroxylation is 1. The summed E-state index contributed by atoms with van der Waals surface area (Å²) in [6.07, 6.45) is 6.25. The van der Waals surface area contributed by atoms with Crippen molar-refractivity contribution in [1.82, 2.24) is 14.5 Å². The summed E-state index contributed by atoms with van der Waals surface area (Å²) in [6.45, 7) is 4.40. The summed E-state index contributed by atoms with van der Waals surface area (Å²) >= 11 is 0. The van der Waals surface area contributed by atoms with Gasteiger partial charge >= 0.3 is 0 Å². The summed E-state index contributed by atoms with van der Waals surface area (Å²) in [6, 6.07) is 0.297. The highest BCUT2D eigenvalue weighted by Gasteiger charge is 2.28. The van der Waals surface area contributed by atoms with Crippen LogP contribution < -0.4 is 0 Å². The third-order valence-corrected chi connectivity index (χ3v) is 3.68. The molecule has 1 aromatic heterocycles. The Balaban J connectivity index is 2.05. The number of piperidine rings is 1. The average molecular weight is 223 g/mol. The van der Waals surface area contributed by atoms with Crippen molar-refractivity contribution in [3.8, 4) is 0 Å². The summed E-state index contributed by atoms with van der Waals surface area (Å²) < 4.78 is 2.05. The van der Waals surface area contributed by atoms with Crippen molar-refractivity contribution in [1.29, 1.82) is 0 Å². The summed E-state index contributed by atoms with van der Waals surface area (Å²) in [5.74, 6) is 1.66. The van der Waals surface area contributed by atoms with Gasteiger partial charge in [0.05, 0.1) is 13.2 Å². The topological polar surface area (TPSA) is 41.3 Å². The van der Waals surface area contributed by atoms with Crippen LogP contribution in [-0.2, 0) is 13.6 Å². The molecule has 90 valence electrons. The zero-order valence-electron chi connectivity index (χ0n) is 10.1. The first-order valence-corrected chi connectivity index (χ1v) is 6.03. The van der Waals surface area contributed by atoms with E-state index < -0.39 is 0 Å². The zero-order chi connectivity index (χ0) is 11.5. The Hall–Kier alpha value is -0.870. The van der Waals surface area contributed by atoms with Crippen molar-refractivity contribution >= 4 is 0 Å². The quantitative estimate of drug-likeness (QED) is 0.831. The molecule has 16 heavy (non-hydrogen) atoms. The molecule has 0 aliphatic carbocycles. The fourth-order valence-electron chi connectivity index (χ4n) is 2.56. The van der Waals surface area contributed by atoms with E-state index in [1.807, 2.05) is 24.0 Å². The van der Waals surface area contributed by atoms with Gasteiger partial charge in [0.2, 0.25) is 0 Å². The van der Waals surface area contributed by atoms with E-state index in [9.17, 15) is 5.11 Å². The van der Waals surface area contributed by atoms with Crippen LogP contribution in [0.15, 0.2) is 12.4 Å². The Bertz CT molecular complexity index is 337. The molecule has 0 saturated carbocycles. The number of aromatic nitrogens is 2. The van der Waals surface area contributed by atoms with E-state index in [4.69, 9.17) is 0 Å². The average Bonchev–Trinajstić information content (AvgIpc) is 2.65. The van der Waals surface area contributed by atoms with E-state index in [0.29, 0.717) is 12.0 Å². The van der Waals surface area contributed by atoms with E-state index in [-0.39, 0.29) is 6.61 Å². The normalized spacial score (nSPS) is 27.2. The fraction of sp³-hybridized carbons (Fsp3) is 0.750. The third kappa shape index (κ3) is 2.28. The Labute approximate surface area is 96.9 Å². The van der Waals surface area contributed by atoms with E-state index in [0.717, 1.165) is 18.9 Å². The molecule has 0 amide bonds. The van der Waals surface area contributed by atoms with Crippen LogP contribution in [0.5, 0.6) is 0 Å². The van der Waals surface area contributed by atoms with Gasteiger partial charge in [0.1, 0.15) is 5.82 Å². The summed E-state index contributed by atoms with van der Waals surface area (Å²) in [7, 11) is 2.02. The largest absolute Gasteiger partial charge is 0.395 e. The van der Waals surface area contributed by atoms with E-state index in [1.165, 1.54) is 12.8 Å². The van der Waals surface area contributed by atoms with Gasteiger partial charge in [-0.1, -0.05) is 6.92 Å². The summed E-state index contributed by atoms with van der Waals surface area (Å²) in [5.41, 5.74) is 0. The van der Waals surface area contributed by atoms with Gasteiger partial charge in [0, 0.05) is 25.5 Å². The zero-order valence-corrected chi connectivity index (χ0v) is 10.1. The first kappa shape index (κ1) is 11.6. The number of likely N-dealkylation sites (tertiary alicyclic amines) is 1. The van der Waals surface area contributed by atoms with Crippen LogP contribution in [0.25, 0.3) is 0 Å². The molecule has 0 radical (unpaired) electrons. The van der Waals surface area contributed by atoms with Gasteiger partial charge < -0.3 is 9.67 Å². The lowest BCUT2D eigenvalue weighted by Crippen LogP contribution is -2.46. The Morgan fingerprint density at radius 1 is 1.56 bits per heavy atom. The summed E-state index contributed by atoms with van der Waals surface area (Å²) in [5, 5.41) is 9.46. The molecule has 2 heterocycles. The number of imidazole rings is 1. The Morgan fingerprint density at radius 3 is 3.00 bits per heavy atom. The highest BCUT2D eigenvalue weighted by Crippen LogP contribution is 2.24. The van der Waals surface area contributed by atoms with E-state index in [2.05, 4.69) is 16.8 Å². The molecule has 1 N–H and O–H groups in total. The Kier molecular flexibility index (Phi) is 3.61. The molecule has 2 unspecified atom stereocenters. The van der Waals surface area contributed by atoms with Crippen molar-refractivity contribution in [2.24, 2.45) is 13.0 Å². The molecular formula is C12H21N3O. The fourth-order valence-corrected chi connectivity index (χ4v) is 2.56. The van der Waals surface area contributed by atoms with Gasteiger partial charge in [0.15, 0.2) is 0 Å². The number of aliphatic hydroxyl groups excluding tert-OH is 1. The molecule has 1 aliphatic heterocycles. The molecule has 0 bridgehead atoms. The van der Waals surface area contributed by atoms with Crippen molar-refractivity contribution in [2.75, 3.05) is 13.2 Å². The minimum atomic E-state index is 0.256. The van der Waals surface area contributed by atoms with Crippen molar-refractivity contribution < 1.29 is 5.11 Å². The van der Waals surface area contributed by atoms with E-state index >= 15 is 0 Å². The predicted octanol–water partition coefficient (Wildman–Crippen LogP) is 1.01. The number of aliphatic hydroxyl groups is 1. The highest BCUT2D eigenvalue weighted by molar-refractivity contribution is 4.93. The van der Waals surface area contributed by atoms with Gasteiger partial charge in [-0.15, -0.1) is 0 Å². The maximum atomic E-state index is 9.46. The first-order chi connectivity index (χ1) is 7.72. The highest BCUT2D eigenvalue weighted by atomic mass is 16.3. The lowest BCUT2D eigenvalue weighted by atomic mass is 9.91. The van der Waals surface area contributed by atoms with Crippen LogP contribution in [0, 0.1) is 5.92 Å². The second-order valence-electron chi connectivity index (χ2n) is 4.79. The summed E-state index contributed by atoms with van der Waals surface area (Å²) in [4.78, 5) is 6.70. The van der Waals surface area contributed by atoms with Gasteiger partial charge in [0.25, 0.3) is 0 Å². The number of rotatable bonds is 3. The number of hydrogen-bond acceptors (Lipinski definition) is 3. The molecule has 0 aromatic carbocycles. The molecule has 4 nitrogen and oxygen atoms in total. The molecule has 1 aliphatic rings. The third-order valence-electron chi connectivity index (χ3n) is 3.68. The smallest absolute Gasteiger partial charge is 0.122 e. The van der Waals surface area contributed by atoms with Crippen LogP contribution in [-0.4, -0.2) is 38.8 Å². The molecule has 2 rings (SSSR count). The molecule has 1 saturated heterocycles. The maximum Gasteiger partial charge on any atom is 0.122 e. The second-order valence-corrected chi connectivity index (χ2v) is 4.79. The molecule has 4 heteroatoms. The minimum Gasteiger partial charge on any atom is -0.395 e. The van der Waals surface area contributed by atoms with Crippen molar-refractivity contribution in [3.05, 3.63) is 18.2 Å². The molecule has 2 atom stereocenters. The second kappa shape index (κ2) is 4.97. The van der Waals surface area contributed by atoms with Crippen molar-refractivity contribution in [2.45, 2.75) is 32.4 Å². The Morgan fingerprint density at radius 2 is 2.38 bits per heavy atom. The molecular weight excluding hydrogens is 202 g/mol. The number of nitrogens with zero attached hydrogens (tertiary/aromatic N) is 3. The monoisotopic (exact) mass is 223 g/mol. The molecule has 0 spiro atoms. The predicted molar refractivity (Wildman–Crippen MR) is 62.9 cm³/mol. The minimum absolute atomic E-state index is 0.256. The van der Waals surface area contributed by atoms with Gasteiger partial charge in [-0.25, -0.2) is 4.98 Å². The lowest BCUT2D eigenvalue weighted by Gasteiger charge is -2.38. The van der Waals surface area contributed by atoms with Gasteiger partial charge in [-0.05, 0) is 25.3 Å². The first-order valence-electron chi connectivity index (χ1n) is 6.03. The molecule has 1 aromatic rings. The van der Waals surface area contributed by atoms with Gasteiger partial charge in [-0.3, -0.25) is 4.90 Å². The standard InChI is InChI=1S/C12H21N3O/c1-10-4-3-6-15(11(10)9-16)8-12-13-5-7-14(12)2/h5,7,10-11,16H,3-4,6,8-9H2,1-2H3. The van der Waals surface area contributed by atoms with Crippen LogP contribution in [0.3, 0.4) is 0 Å². The van der Waals surface area contributed by atoms with Gasteiger partial charge in [-0.2, -0.15) is 0 Å². The molecule has 1 fully saturated rings. The van der Waals surface area contributed by atoms with Crippen LogP contribution in [0.2, 0.25) is 0 Å².